The van der Waals surface area contributed by atoms with Gasteiger partial charge in [0.05, 0.1) is 16.6 Å². The number of anilines is 1. The van der Waals surface area contributed by atoms with E-state index in [4.69, 9.17) is 0 Å². The van der Waals surface area contributed by atoms with Crippen molar-refractivity contribution in [2.75, 3.05) is 19.4 Å². The Labute approximate surface area is 193 Å². The number of nitrogens with one attached hydrogen (secondary N) is 2. The molecule has 0 unspecified atom stereocenters. The average Bonchev–Trinajstić information content (AvgIpc) is 3.35. The molecule has 6 rings (SSSR count). The van der Waals surface area contributed by atoms with Crippen LogP contribution in [0.3, 0.4) is 0 Å². The van der Waals surface area contributed by atoms with Crippen LogP contribution in [0.2, 0.25) is 0 Å². The number of nitrogens with zero attached hydrogens (tertiary/aromatic N) is 2. The van der Waals surface area contributed by atoms with E-state index in [1.807, 2.05) is 18.2 Å². The Balaban J connectivity index is 1.24. The molecule has 1 saturated carbocycles. The second-order valence-corrected chi connectivity index (χ2v) is 9.45. The van der Waals surface area contributed by atoms with Crippen LogP contribution in [-0.2, 0) is 16.8 Å². The van der Waals surface area contributed by atoms with Crippen molar-refractivity contribution in [3.8, 4) is 0 Å². The van der Waals surface area contributed by atoms with Gasteiger partial charge in [-0.3, -0.25) is 9.89 Å². The Morgan fingerprint density at radius 1 is 1.06 bits per heavy atom. The second kappa shape index (κ2) is 7.42. The standard InChI is InChI=1S/C28H26N4O/c1-32(2)17-19-9-7-18(8-10-19)11-14-24-21-13-12-20(15-26(21)31-30-24)23-16-28(23)22-5-3-4-6-25(22)29-27(28)33/h3-15,23H,16-17H2,1-2H3,(H,29,33)(H,30,31)/b14-11+/t23-,28+/m1/s1. The zero-order valence-corrected chi connectivity index (χ0v) is 18.8. The first-order valence-electron chi connectivity index (χ1n) is 11.4. The van der Waals surface area contributed by atoms with Crippen molar-refractivity contribution in [2.24, 2.45) is 0 Å². The molecule has 164 valence electrons. The molecule has 1 aliphatic heterocycles. The number of rotatable bonds is 5. The highest BCUT2D eigenvalue weighted by atomic mass is 16.2. The second-order valence-electron chi connectivity index (χ2n) is 9.45. The summed E-state index contributed by atoms with van der Waals surface area (Å²) in [6.45, 7) is 0.936. The molecule has 2 atom stereocenters. The van der Waals surface area contributed by atoms with Crippen LogP contribution in [0.15, 0.2) is 66.7 Å². The maximum atomic E-state index is 12.8. The molecular formula is C28H26N4O. The number of hydrogen-bond donors (Lipinski definition) is 2. The molecule has 3 aromatic carbocycles. The van der Waals surface area contributed by atoms with Gasteiger partial charge in [-0.1, -0.05) is 60.7 Å². The number of H-pyrrole nitrogens is 1. The first-order chi connectivity index (χ1) is 16.0. The number of para-hydroxylation sites is 1. The van der Waals surface area contributed by atoms with Crippen molar-refractivity contribution in [2.45, 2.75) is 24.3 Å². The van der Waals surface area contributed by atoms with E-state index in [1.54, 1.807) is 0 Å². The van der Waals surface area contributed by atoms with Crippen LogP contribution in [0, 0.1) is 0 Å². The molecule has 5 nitrogen and oxygen atoms in total. The summed E-state index contributed by atoms with van der Waals surface area (Å²) >= 11 is 0. The summed E-state index contributed by atoms with van der Waals surface area (Å²) in [7, 11) is 4.15. The van der Waals surface area contributed by atoms with E-state index in [2.05, 4.69) is 95.2 Å². The predicted octanol–water partition coefficient (Wildman–Crippen LogP) is 5.17. The molecule has 1 amide bonds. The number of aromatic amines is 1. The lowest BCUT2D eigenvalue weighted by Gasteiger charge is -2.09. The SMILES string of the molecule is CN(C)Cc1ccc(/C=C/c2n[nH]c3cc([C@H]4C[C@@]45C(=O)Nc4ccccc45)ccc23)cc1. The van der Waals surface area contributed by atoms with Gasteiger partial charge in [0.1, 0.15) is 0 Å². The molecule has 5 heteroatoms. The zero-order valence-electron chi connectivity index (χ0n) is 18.8. The molecular weight excluding hydrogens is 408 g/mol. The molecule has 0 bridgehead atoms. The first kappa shape index (κ1) is 19.9. The van der Waals surface area contributed by atoms with Crippen LogP contribution in [-0.4, -0.2) is 35.1 Å². The van der Waals surface area contributed by atoms with Crippen LogP contribution in [0.5, 0.6) is 0 Å². The number of fused-ring (bicyclic) bond motifs is 3. The van der Waals surface area contributed by atoms with Crippen molar-refractivity contribution in [1.82, 2.24) is 15.1 Å². The summed E-state index contributed by atoms with van der Waals surface area (Å²) in [4.78, 5) is 15.0. The number of benzene rings is 3. The minimum absolute atomic E-state index is 0.124. The summed E-state index contributed by atoms with van der Waals surface area (Å²) < 4.78 is 0. The molecule has 2 heterocycles. The monoisotopic (exact) mass is 434 g/mol. The zero-order chi connectivity index (χ0) is 22.6. The highest BCUT2D eigenvalue weighted by Crippen LogP contribution is 2.64. The highest BCUT2D eigenvalue weighted by Gasteiger charge is 2.65. The van der Waals surface area contributed by atoms with Gasteiger partial charge in [-0.05, 0) is 61.0 Å². The van der Waals surface area contributed by atoms with Crippen LogP contribution >= 0.6 is 0 Å². The lowest BCUT2D eigenvalue weighted by atomic mass is 9.92. The van der Waals surface area contributed by atoms with Crippen molar-refractivity contribution in [3.05, 3.63) is 94.7 Å². The van der Waals surface area contributed by atoms with Gasteiger partial charge in [-0.15, -0.1) is 0 Å². The Morgan fingerprint density at radius 2 is 1.88 bits per heavy atom. The summed E-state index contributed by atoms with van der Waals surface area (Å²) in [6, 6.07) is 23.1. The van der Waals surface area contributed by atoms with Crippen LogP contribution < -0.4 is 5.32 Å². The molecule has 1 aliphatic carbocycles. The van der Waals surface area contributed by atoms with Gasteiger partial charge in [-0.25, -0.2) is 0 Å². The van der Waals surface area contributed by atoms with Crippen LogP contribution in [0.25, 0.3) is 23.1 Å². The minimum atomic E-state index is -0.411. The molecule has 0 radical (unpaired) electrons. The quantitative estimate of drug-likeness (QED) is 0.455. The van der Waals surface area contributed by atoms with E-state index >= 15 is 0 Å². The topological polar surface area (TPSA) is 61.0 Å². The maximum Gasteiger partial charge on any atom is 0.235 e. The van der Waals surface area contributed by atoms with E-state index in [-0.39, 0.29) is 11.8 Å². The van der Waals surface area contributed by atoms with Crippen LogP contribution in [0.4, 0.5) is 5.69 Å². The van der Waals surface area contributed by atoms with E-state index in [0.29, 0.717) is 0 Å². The van der Waals surface area contributed by atoms with Gasteiger partial charge >= 0.3 is 0 Å². The van der Waals surface area contributed by atoms with Crippen molar-refractivity contribution < 1.29 is 4.79 Å². The number of carbonyl (C=O) groups is 1. The predicted molar refractivity (Wildman–Crippen MR) is 133 cm³/mol. The molecule has 2 N–H and O–H groups in total. The Morgan fingerprint density at radius 3 is 2.70 bits per heavy atom. The Hall–Kier alpha value is -3.70. The van der Waals surface area contributed by atoms with Gasteiger partial charge < -0.3 is 10.2 Å². The number of amides is 1. The number of hydrogen-bond acceptors (Lipinski definition) is 3. The number of aromatic nitrogens is 2. The Bertz CT molecular complexity index is 1400. The first-order valence-corrected chi connectivity index (χ1v) is 11.4. The molecule has 33 heavy (non-hydrogen) atoms. The van der Waals surface area contributed by atoms with Gasteiger partial charge in [-0.2, -0.15) is 5.10 Å². The van der Waals surface area contributed by atoms with Crippen molar-refractivity contribution >= 4 is 34.6 Å². The number of carbonyl (C=O) groups excluding carboxylic acids is 1. The lowest BCUT2D eigenvalue weighted by molar-refractivity contribution is -0.118. The van der Waals surface area contributed by atoms with Crippen LogP contribution in [0.1, 0.15) is 40.3 Å². The van der Waals surface area contributed by atoms with Crippen molar-refractivity contribution in [1.29, 1.82) is 0 Å². The van der Waals surface area contributed by atoms with E-state index in [0.717, 1.165) is 46.4 Å². The largest absolute Gasteiger partial charge is 0.325 e. The Kier molecular flexibility index (Phi) is 4.49. The third kappa shape index (κ3) is 3.28. The summed E-state index contributed by atoms with van der Waals surface area (Å²) in [5, 5.41) is 11.9. The lowest BCUT2D eigenvalue weighted by Crippen LogP contribution is -2.20. The highest BCUT2D eigenvalue weighted by molar-refractivity contribution is 6.09. The normalized spacial score (nSPS) is 21.3. The van der Waals surface area contributed by atoms with Gasteiger partial charge in [0.2, 0.25) is 5.91 Å². The minimum Gasteiger partial charge on any atom is -0.325 e. The maximum absolute atomic E-state index is 12.8. The smallest absolute Gasteiger partial charge is 0.235 e. The van der Waals surface area contributed by atoms with E-state index < -0.39 is 5.41 Å². The molecule has 4 aromatic rings. The average molecular weight is 435 g/mol. The third-order valence-corrected chi connectivity index (χ3v) is 6.95. The summed E-state index contributed by atoms with van der Waals surface area (Å²) in [5.41, 5.74) is 7.23. The van der Waals surface area contributed by atoms with E-state index in [9.17, 15) is 4.79 Å². The molecule has 0 saturated heterocycles. The summed E-state index contributed by atoms with van der Waals surface area (Å²) in [6.07, 6.45) is 5.00. The summed E-state index contributed by atoms with van der Waals surface area (Å²) in [5.74, 6) is 0.326. The van der Waals surface area contributed by atoms with Crippen molar-refractivity contribution in [3.63, 3.8) is 0 Å². The molecule has 2 aliphatic rings. The molecule has 1 spiro atoms. The van der Waals surface area contributed by atoms with E-state index in [1.165, 1.54) is 11.1 Å². The fourth-order valence-corrected chi connectivity index (χ4v) is 5.23. The molecule has 1 fully saturated rings. The third-order valence-electron chi connectivity index (χ3n) is 6.95. The van der Waals surface area contributed by atoms with Gasteiger partial charge in [0.25, 0.3) is 0 Å². The van der Waals surface area contributed by atoms with Gasteiger partial charge in [0.15, 0.2) is 0 Å². The van der Waals surface area contributed by atoms with Gasteiger partial charge in [0, 0.05) is 23.5 Å². The fourth-order valence-electron chi connectivity index (χ4n) is 5.23. The molecule has 1 aromatic heterocycles. The fraction of sp³-hybridized carbons (Fsp3) is 0.214.